The Morgan fingerprint density at radius 2 is 1.93 bits per heavy atom. The Morgan fingerprint density at radius 3 is 2.55 bits per heavy atom. The van der Waals surface area contributed by atoms with E-state index < -0.39 is 22.8 Å². The first-order valence-electron chi connectivity index (χ1n) is 8.38. The van der Waals surface area contributed by atoms with Crippen LogP contribution in [0.4, 0.5) is 10.1 Å². The first kappa shape index (κ1) is 20.2. The van der Waals surface area contributed by atoms with Gasteiger partial charge in [-0.15, -0.1) is 0 Å². The molecule has 1 aliphatic rings. The van der Waals surface area contributed by atoms with Crippen molar-refractivity contribution in [2.45, 2.75) is 13.0 Å². The van der Waals surface area contributed by atoms with Gasteiger partial charge in [0.25, 0.3) is 0 Å². The summed E-state index contributed by atoms with van der Waals surface area (Å²) in [5, 5.41) is 17.6. The molecule has 0 amide bonds. The van der Waals surface area contributed by atoms with Crippen molar-refractivity contribution in [2.24, 2.45) is 0 Å². The van der Waals surface area contributed by atoms with Crippen LogP contribution in [0.2, 0.25) is 0 Å². The molecule has 0 aliphatic carbocycles. The molecule has 0 spiro atoms. The highest BCUT2D eigenvalue weighted by atomic mass is 32.1. The molecular weight excluding hydrogens is 401 g/mol. The van der Waals surface area contributed by atoms with Gasteiger partial charge in [0, 0.05) is 11.8 Å². The van der Waals surface area contributed by atoms with Gasteiger partial charge in [0.05, 0.1) is 23.6 Å². The zero-order valence-corrected chi connectivity index (χ0v) is 16.2. The molecule has 0 radical (unpaired) electrons. The number of nitro benzene ring substituents is 1. The molecule has 0 bridgehead atoms. The number of esters is 1. The Labute approximate surface area is 170 Å². The van der Waals surface area contributed by atoms with Gasteiger partial charge in [0.2, 0.25) is 5.75 Å². The number of halogens is 1. The van der Waals surface area contributed by atoms with E-state index in [9.17, 15) is 19.3 Å². The second-order valence-corrected chi connectivity index (χ2v) is 6.51. The highest BCUT2D eigenvalue weighted by Crippen LogP contribution is 2.36. The molecule has 1 aliphatic heterocycles. The van der Waals surface area contributed by atoms with E-state index in [-0.39, 0.29) is 27.9 Å². The van der Waals surface area contributed by atoms with Crippen LogP contribution in [0.25, 0.3) is 0 Å². The summed E-state index contributed by atoms with van der Waals surface area (Å²) in [7, 11) is 1.24. The Balaban J connectivity index is 2.02. The predicted molar refractivity (Wildman–Crippen MR) is 106 cm³/mol. The molecule has 29 heavy (non-hydrogen) atoms. The second-order valence-electron chi connectivity index (χ2n) is 6.10. The van der Waals surface area contributed by atoms with Crippen LogP contribution in [0.3, 0.4) is 0 Å². The lowest BCUT2D eigenvalue weighted by atomic mass is 9.95. The summed E-state index contributed by atoms with van der Waals surface area (Å²) in [5.41, 5.74) is 0.842. The molecule has 8 nitrogen and oxygen atoms in total. The number of methoxy groups -OCH3 is 1. The van der Waals surface area contributed by atoms with Gasteiger partial charge in [-0.1, -0.05) is 6.07 Å². The number of nitro groups is 1. The summed E-state index contributed by atoms with van der Waals surface area (Å²) in [5.74, 6) is -0.825. The molecular formula is C19H16FN3O5S. The molecule has 10 heteroatoms. The number of carbonyl (C=O) groups is 1. The maximum Gasteiger partial charge on any atom is 0.337 e. The summed E-state index contributed by atoms with van der Waals surface area (Å²) in [6.45, 7) is 1.66. The normalized spacial score (nSPS) is 16.0. The fourth-order valence-electron chi connectivity index (χ4n) is 2.90. The lowest BCUT2D eigenvalue weighted by Crippen LogP contribution is -2.45. The van der Waals surface area contributed by atoms with Gasteiger partial charge >= 0.3 is 11.7 Å². The van der Waals surface area contributed by atoms with E-state index in [0.717, 1.165) is 0 Å². The van der Waals surface area contributed by atoms with Gasteiger partial charge in [-0.3, -0.25) is 10.1 Å². The number of hydrogen-bond donors (Lipinski definition) is 2. The molecule has 2 N–H and O–H groups in total. The summed E-state index contributed by atoms with van der Waals surface area (Å²) >= 11 is 5.15. The van der Waals surface area contributed by atoms with Crippen LogP contribution in [-0.4, -0.2) is 23.1 Å². The van der Waals surface area contributed by atoms with Gasteiger partial charge in [-0.05, 0) is 55.0 Å². The Bertz CT molecular complexity index is 1020. The Kier molecular flexibility index (Phi) is 5.74. The number of hydrogen-bond acceptors (Lipinski definition) is 6. The van der Waals surface area contributed by atoms with Crippen molar-refractivity contribution < 1.29 is 23.6 Å². The number of nitrogens with one attached hydrogen (secondary N) is 2. The zero-order valence-electron chi connectivity index (χ0n) is 15.4. The Morgan fingerprint density at radius 1 is 1.24 bits per heavy atom. The number of carbonyl (C=O) groups excluding carboxylic acids is 1. The summed E-state index contributed by atoms with van der Waals surface area (Å²) in [6.07, 6.45) is 0. The third kappa shape index (κ3) is 4.32. The van der Waals surface area contributed by atoms with Crippen LogP contribution < -0.4 is 15.4 Å². The third-order valence-corrected chi connectivity index (χ3v) is 4.45. The smallest absolute Gasteiger partial charge is 0.337 e. The van der Waals surface area contributed by atoms with Crippen molar-refractivity contribution in [2.75, 3.05) is 7.11 Å². The van der Waals surface area contributed by atoms with Gasteiger partial charge in [0.1, 0.15) is 11.6 Å². The van der Waals surface area contributed by atoms with E-state index in [0.29, 0.717) is 11.3 Å². The lowest BCUT2D eigenvalue weighted by Gasteiger charge is -2.29. The van der Waals surface area contributed by atoms with Crippen LogP contribution in [0.1, 0.15) is 18.5 Å². The quantitative estimate of drug-likeness (QED) is 0.330. The van der Waals surface area contributed by atoms with E-state index in [1.807, 2.05) is 0 Å². The highest BCUT2D eigenvalue weighted by molar-refractivity contribution is 7.80. The molecule has 2 aromatic carbocycles. The second kappa shape index (κ2) is 8.23. The van der Waals surface area contributed by atoms with Gasteiger partial charge < -0.3 is 20.1 Å². The molecule has 1 atom stereocenters. The van der Waals surface area contributed by atoms with Crippen molar-refractivity contribution in [3.8, 4) is 11.5 Å². The minimum atomic E-state index is -0.741. The van der Waals surface area contributed by atoms with Crippen molar-refractivity contribution in [1.82, 2.24) is 10.6 Å². The van der Waals surface area contributed by atoms with E-state index in [2.05, 4.69) is 10.6 Å². The molecule has 3 rings (SSSR count). The number of allylic oxidation sites excluding steroid dienone is 1. The average molecular weight is 417 g/mol. The Hall–Kier alpha value is -3.53. The summed E-state index contributed by atoms with van der Waals surface area (Å²) in [4.78, 5) is 23.2. The van der Waals surface area contributed by atoms with Crippen molar-refractivity contribution in [1.29, 1.82) is 0 Å². The molecule has 0 aromatic heterocycles. The predicted octanol–water partition coefficient (Wildman–Crippen LogP) is 3.49. The van der Waals surface area contributed by atoms with E-state index >= 15 is 0 Å². The van der Waals surface area contributed by atoms with E-state index in [1.54, 1.807) is 13.0 Å². The fraction of sp³-hybridized carbons (Fsp3) is 0.158. The van der Waals surface area contributed by atoms with Crippen LogP contribution >= 0.6 is 12.2 Å². The van der Waals surface area contributed by atoms with Crippen LogP contribution in [-0.2, 0) is 9.53 Å². The van der Waals surface area contributed by atoms with Crippen molar-refractivity contribution in [3.05, 3.63) is 75.2 Å². The number of thiocarbonyl (C=S) groups is 1. The van der Waals surface area contributed by atoms with E-state index in [1.165, 1.54) is 43.5 Å². The molecule has 0 unspecified atom stereocenters. The van der Waals surface area contributed by atoms with Crippen LogP contribution in [0.15, 0.2) is 53.7 Å². The number of ether oxygens (including phenoxy) is 2. The zero-order chi connectivity index (χ0) is 21.1. The maximum absolute atomic E-state index is 13.1. The van der Waals surface area contributed by atoms with Gasteiger partial charge in [-0.2, -0.15) is 0 Å². The van der Waals surface area contributed by atoms with Crippen molar-refractivity contribution in [3.63, 3.8) is 0 Å². The molecule has 2 aromatic rings. The highest BCUT2D eigenvalue weighted by Gasteiger charge is 2.32. The lowest BCUT2D eigenvalue weighted by molar-refractivity contribution is -0.385. The first-order chi connectivity index (χ1) is 13.8. The molecule has 0 fully saturated rings. The molecule has 0 saturated heterocycles. The average Bonchev–Trinajstić information content (AvgIpc) is 2.68. The van der Waals surface area contributed by atoms with Crippen LogP contribution in [0.5, 0.6) is 11.5 Å². The maximum atomic E-state index is 13.1. The number of benzene rings is 2. The van der Waals surface area contributed by atoms with Crippen molar-refractivity contribution >= 4 is 29.0 Å². The minimum absolute atomic E-state index is 0.0258. The summed E-state index contributed by atoms with van der Waals surface area (Å²) < 4.78 is 23.4. The standard InChI is InChI=1S/C19H16FN3O5S/c1-10-16(18(24)27-2)17(22-19(29)21-10)11-3-8-15(14(9-11)23(25)26)28-13-6-4-12(20)5-7-13/h3-9,17H,1-2H3,(H2,21,22,29)/t17-/m0/s1. The fourth-order valence-corrected chi connectivity index (χ4v) is 3.17. The van der Waals surface area contributed by atoms with E-state index in [4.69, 9.17) is 21.7 Å². The monoisotopic (exact) mass is 417 g/mol. The van der Waals surface area contributed by atoms with Gasteiger partial charge in [0.15, 0.2) is 5.11 Å². The minimum Gasteiger partial charge on any atom is -0.466 e. The molecule has 1 heterocycles. The first-order valence-corrected chi connectivity index (χ1v) is 8.79. The molecule has 150 valence electrons. The number of rotatable bonds is 5. The van der Waals surface area contributed by atoms with Crippen LogP contribution in [0, 0.1) is 15.9 Å². The summed E-state index contributed by atoms with van der Waals surface area (Å²) in [6, 6.07) is 8.64. The molecule has 0 saturated carbocycles. The topological polar surface area (TPSA) is 103 Å². The SMILES string of the molecule is COC(=O)C1=C(C)NC(=S)N[C@H]1c1ccc(Oc2ccc(F)cc2)c([N+](=O)[O-])c1. The number of nitrogens with zero attached hydrogens (tertiary/aromatic N) is 1. The van der Waals surface area contributed by atoms with Gasteiger partial charge in [-0.25, -0.2) is 9.18 Å². The third-order valence-electron chi connectivity index (χ3n) is 4.23. The largest absolute Gasteiger partial charge is 0.466 e.